The van der Waals surface area contributed by atoms with Crippen LogP contribution < -0.4 is 10.6 Å². The maximum absolute atomic E-state index is 13.4. The molecule has 0 aliphatic heterocycles. The minimum absolute atomic E-state index is 0.0648. The Bertz CT molecular complexity index is 934. The van der Waals surface area contributed by atoms with Crippen LogP contribution in [0.15, 0.2) is 84.9 Å². The number of hydrogen-bond donors (Lipinski definition) is 2. The van der Waals surface area contributed by atoms with Gasteiger partial charge in [-0.2, -0.15) is 0 Å². The van der Waals surface area contributed by atoms with Crippen LogP contribution in [0.2, 0.25) is 0 Å². The number of benzene rings is 3. The van der Waals surface area contributed by atoms with E-state index in [1.807, 2.05) is 98.8 Å². The first-order valence-corrected chi connectivity index (χ1v) is 11.0. The summed E-state index contributed by atoms with van der Waals surface area (Å²) in [5.74, 6) is -0.965. The van der Waals surface area contributed by atoms with Crippen molar-refractivity contribution in [2.75, 3.05) is 5.32 Å². The molecule has 5 heteroatoms. The monoisotopic (exact) mass is 512 g/mol. The second-order valence-corrected chi connectivity index (χ2v) is 8.73. The van der Waals surface area contributed by atoms with Gasteiger partial charge in [0, 0.05) is 9.26 Å². The average molecular weight is 512 g/mol. The molecule has 154 valence electrons. The predicted octanol–water partition coefficient (Wildman–Crippen LogP) is 5.20. The number of hydrogen-bond acceptors (Lipinski definition) is 2. The van der Waals surface area contributed by atoms with Crippen LogP contribution in [0.3, 0.4) is 0 Å². The predicted molar refractivity (Wildman–Crippen MR) is 129 cm³/mol. The van der Waals surface area contributed by atoms with Crippen LogP contribution in [0.5, 0.6) is 0 Å². The van der Waals surface area contributed by atoms with E-state index in [1.165, 1.54) is 0 Å². The molecule has 3 rings (SSSR count). The highest BCUT2D eigenvalue weighted by molar-refractivity contribution is 14.1. The maximum Gasteiger partial charge on any atom is 0.247 e. The Morgan fingerprint density at radius 2 is 1.23 bits per heavy atom. The van der Waals surface area contributed by atoms with Gasteiger partial charge in [-0.25, -0.2) is 0 Å². The van der Waals surface area contributed by atoms with Crippen molar-refractivity contribution in [2.45, 2.75) is 25.8 Å². The van der Waals surface area contributed by atoms with E-state index in [4.69, 9.17) is 0 Å². The van der Waals surface area contributed by atoms with Crippen molar-refractivity contribution in [1.82, 2.24) is 5.32 Å². The number of nitrogens with one attached hydrogen (secondary N) is 2. The lowest BCUT2D eigenvalue weighted by atomic mass is 9.89. The quantitative estimate of drug-likeness (QED) is 0.428. The molecule has 4 nitrogen and oxygen atoms in total. The number of carbonyl (C=O) groups excluding carboxylic acids is 2. The molecule has 0 spiro atoms. The van der Waals surface area contributed by atoms with E-state index < -0.39 is 12.0 Å². The Balaban J connectivity index is 1.82. The van der Waals surface area contributed by atoms with Gasteiger partial charge in [-0.1, -0.05) is 74.5 Å². The fourth-order valence-corrected chi connectivity index (χ4v) is 3.67. The number of anilines is 1. The van der Waals surface area contributed by atoms with Gasteiger partial charge in [0.15, 0.2) is 0 Å². The first-order valence-electron chi connectivity index (χ1n) is 9.92. The molecule has 0 aliphatic rings. The van der Waals surface area contributed by atoms with Crippen LogP contribution in [0.25, 0.3) is 0 Å². The van der Waals surface area contributed by atoms with Gasteiger partial charge < -0.3 is 10.6 Å². The average Bonchev–Trinajstić information content (AvgIpc) is 2.75. The Hall–Kier alpha value is -2.67. The van der Waals surface area contributed by atoms with E-state index in [0.717, 1.165) is 14.7 Å². The van der Waals surface area contributed by atoms with Crippen molar-refractivity contribution in [2.24, 2.45) is 5.92 Å². The molecule has 0 saturated carbocycles. The molecule has 30 heavy (non-hydrogen) atoms. The molecule has 0 saturated heterocycles. The largest absolute Gasteiger partial charge is 0.343 e. The fourth-order valence-electron chi connectivity index (χ4n) is 3.31. The number of amides is 2. The van der Waals surface area contributed by atoms with Gasteiger partial charge >= 0.3 is 0 Å². The molecule has 0 aliphatic carbocycles. The van der Waals surface area contributed by atoms with Gasteiger partial charge in [0.25, 0.3) is 0 Å². The number of halogens is 1. The van der Waals surface area contributed by atoms with Gasteiger partial charge in [0.1, 0.15) is 6.04 Å². The Labute approximate surface area is 191 Å². The molecule has 0 radical (unpaired) electrons. The van der Waals surface area contributed by atoms with Crippen LogP contribution in [-0.4, -0.2) is 17.9 Å². The van der Waals surface area contributed by atoms with Crippen molar-refractivity contribution in [3.63, 3.8) is 0 Å². The lowest BCUT2D eigenvalue weighted by Crippen LogP contribution is -2.48. The molecule has 3 aromatic rings. The summed E-state index contributed by atoms with van der Waals surface area (Å²) in [6, 6.07) is 26.2. The summed E-state index contributed by atoms with van der Waals surface area (Å²) in [5.41, 5.74) is 2.49. The van der Waals surface area contributed by atoms with Gasteiger partial charge in [0.2, 0.25) is 11.8 Å². The summed E-state index contributed by atoms with van der Waals surface area (Å²) in [4.78, 5) is 26.3. The summed E-state index contributed by atoms with van der Waals surface area (Å²) in [7, 11) is 0. The summed E-state index contributed by atoms with van der Waals surface area (Å²) < 4.78 is 1.09. The number of rotatable bonds is 7. The molecule has 0 fully saturated rings. The summed E-state index contributed by atoms with van der Waals surface area (Å²) in [5, 5.41) is 5.91. The van der Waals surface area contributed by atoms with Crippen LogP contribution in [0.1, 0.15) is 30.9 Å². The number of carbonyl (C=O) groups is 2. The first-order chi connectivity index (χ1) is 14.5. The van der Waals surface area contributed by atoms with Crippen LogP contribution in [0, 0.1) is 9.49 Å². The normalized spacial score (nSPS) is 11.9. The zero-order chi connectivity index (χ0) is 21.5. The second-order valence-electron chi connectivity index (χ2n) is 7.48. The molecule has 1 unspecified atom stereocenters. The summed E-state index contributed by atoms with van der Waals surface area (Å²) in [6.07, 6.45) is 0. The van der Waals surface area contributed by atoms with Crippen LogP contribution >= 0.6 is 22.6 Å². The molecule has 2 N–H and O–H groups in total. The fraction of sp³-hybridized carbons (Fsp3) is 0.200. The van der Waals surface area contributed by atoms with Crippen molar-refractivity contribution in [3.05, 3.63) is 99.6 Å². The highest BCUT2D eigenvalue weighted by atomic mass is 127. The Kier molecular flexibility index (Phi) is 7.63. The Morgan fingerprint density at radius 1 is 0.733 bits per heavy atom. The lowest BCUT2D eigenvalue weighted by molar-refractivity contribution is -0.127. The second kappa shape index (κ2) is 10.4. The van der Waals surface area contributed by atoms with Gasteiger partial charge in [0.05, 0.1) is 5.92 Å². The Morgan fingerprint density at radius 3 is 1.70 bits per heavy atom. The van der Waals surface area contributed by atoms with Crippen molar-refractivity contribution >= 4 is 40.1 Å². The van der Waals surface area contributed by atoms with E-state index in [0.29, 0.717) is 5.69 Å². The zero-order valence-electron chi connectivity index (χ0n) is 17.0. The van der Waals surface area contributed by atoms with Crippen molar-refractivity contribution in [1.29, 1.82) is 0 Å². The summed E-state index contributed by atoms with van der Waals surface area (Å²) >= 11 is 2.22. The maximum atomic E-state index is 13.4. The highest BCUT2D eigenvalue weighted by Gasteiger charge is 2.29. The molecule has 0 bridgehead atoms. The molecule has 0 heterocycles. The lowest BCUT2D eigenvalue weighted by Gasteiger charge is -2.25. The SMILES string of the molecule is CC(C)C(NC(=O)C(c1ccccc1)c1ccccc1)C(=O)Nc1ccc(I)cc1. The third kappa shape index (κ3) is 5.69. The van der Waals surface area contributed by atoms with Crippen molar-refractivity contribution in [3.8, 4) is 0 Å². The van der Waals surface area contributed by atoms with E-state index in [9.17, 15) is 9.59 Å². The van der Waals surface area contributed by atoms with Gasteiger partial charge in [-0.15, -0.1) is 0 Å². The molecular formula is C25H25IN2O2. The minimum Gasteiger partial charge on any atom is -0.343 e. The van der Waals surface area contributed by atoms with E-state index in [2.05, 4.69) is 33.2 Å². The van der Waals surface area contributed by atoms with Gasteiger partial charge in [-0.3, -0.25) is 9.59 Å². The topological polar surface area (TPSA) is 58.2 Å². The first kappa shape index (κ1) is 22.0. The third-order valence-corrected chi connectivity index (χ3v) is 5.61. The van der Waals surface area contributed by atoms with Crippen molar-refractivity contribution < 1.29 is 9.59 Å². The summed E-state index contributed by atoms with van der Waals surface area (Å²) in [6.45, 7) is 3.86. The van der Waals surface area contributed by atoms with E-state index >= 15 is 0 Å². The zero-order valence-corrected chi connectivity index (χ0v) is 19.2. The molecule has 0 aromatic heterocycles. The smallest absolute Gasteiger partial charge is 0.247 e. The minimum atomic E-state index is -0.647. The molecule has 1 atom stereocenters. The molecule has 3 aromatic carbocycles. The van der Waals surface area contributed by atoms with Crippen LogP contribution in [0.4, 0.5) is 5.69 Å². The molecule has 2 amide bonds. The third-order valence-electron chi connectivity index (χ3n) is 4.89. The van der Waals surface area contributed by atoms with E-state index in [-0.39, 0.29) is 17.7 Å². The van der Waals surface area contributed by atoms with Gasteiger partial charge in [-0.05, 0) is 63.9 Å². The van der Waals surface area contributed by atoms with Crippen LogP contribution in [-0.2, 0) is 9.59 Å². The standard InChI is InChI=1S/C25H25IN2O2/c1-17(2)23(25(30)27-21-15-13-20(26)14-16-21)28-24(29)22(18-9-5-3-6-10-18)19-11-7-4-8-12-19/h3-17,22-23H,1-2H3,(H,27,30)(H,28,29). The molecular weight excluding hydrogens is 487 g/mol. The highest BCUT2D eigenvalue weighted by Crippen LogP contribution is 2.25. The van der Waals surface area contributed by atoms with E-state index in [1.54, 1.807) is 0 Å².